The minimum atomic E-state index is -0.245. The summed E-state index contributed by atoms with van der Waals surface area (Å²) in [6.07, 6.45) is 4.84. The van der Waals surface area contributed by atoms with Crippen molar-refractivity contribution in [2.24, 2.45) is 0 Å². The molecule has 7 heteroatoms. The molecule has 3 aromatic heterocycles. The number of rotatable bonds is 3. The standard InChI is InChI=1S/C15H14N4O2S/c1-2-12(22-9-1)15(4-7-20-8-5-15)14-18-13(19-21-14)11-3-6-16-10-17-11/h1-3,6,9-10H,4-5,7-8H2. The SMILES string of the molecule is c1csc(C2(c3nc(-c4ccncn4)no3)CCOCC2)c1. The molecule has 0 aliphatic carbocycles. The van der Waals surface area contributed by atoms with Gasteiger partial charge in [0, 0.05) is 24.3 Å². The highest BCUT2D eigenvalue weighted by Gasteiger charge is 2.42. The van der Waals surface area contributed by atoms with E-state index in [1.165, 1.54) is 11.2 Å². The molecule has 22 heavy (non-hydrogen) atoms. The van der Waals surface area contributed by atoms with Crippen molar-refractivity contribution >= 4 is 11.3 Å². The Morgan fingerprint density at radius 1 is 1.18 bits per heavy atom. The summed E-state index contributed by atoms with van der Waals surface area (Å²) in [7, 11) is 0. The van der Waals surface area contributed by atoms with E-state index in [1.807, 2.05) is 0 Å². The monoisotopic (exact) mass is 314 g/mol. The second kappa shape index (κ2) is 5.58. The Bertz CT molecular complexity index is 736. The van der Waals surface area contributed by atoms with Gasteiger partial charge in [-0.2, -0.15) is 4.98 Å². The Morgan fingerprint density at radius 2 is 2.09 bits per heavy atom. The number of hydrogen-bond acceptors (Lipinski definition) is 7. The van der Waals surface area contributed by atoms with Gasteiger partial charge in [0.15, 0.2) is 0 Å². The summed E-state index contributed by atoms with van der Waals surface area (Å²) in [5, 5.41) is 6.18. The van der Waals surface area contributed by atoms with Gasteiger partial charge in [-0.05, 0) is 30.4 Å². The van der Waals surface area contributed by atoms with Gasteiger partial charge in [-0.15, -0.1) is 11.3 Å². The van der Waals surface area contributed by atoms with Gasteiger partial charge >= 0.3 is 0 Å². The van der Waals surface area contributed by atoms with Gasteiger partial charge in [-0.1, -0.05) is 11.2 Å². The van der Waals surface area contributed by atoms with Crippen LogP contribution in [0.25, 0.3) is 11.5 Å². The molecular weight excluding hydrogens is 300 g/mol. The van der Waals surface area contributed by atoms with Gasteiger partial charge in [0.2, 0.25) is 11.7 Å². The average molecular weight is 314 g/mol. The van der Waals surface area contributed by atoms with Crippen molar-refractivity contribution in [3.05, 3.63) is 46.9 Å². The molecule has 0 radical (unpaired) electrons. The Morgan fingerprint density at radius 3 is 2.82 bits per heavy atom. The minimum absolute atomic E-state index is 0.245. The molecular formula is C15H14N4O2S. The average Bonchev–Trinajstić information content (AvgIpc) is 3.29. The molecule has 0 unspecified atom stereocenters. The van der Waals surface area contributed by atoms with Crippen molar-refractivity contribution in [3.63, 3.8) is 0 Å². The summed E-state index contributed by atoms with van der Waals surface area (Å²) < 4.78 is 11.1. The van der Waals surface area contributed by atoms with Crippen LogP contribution in [-0.2, 0) is 10.2 Å². The van der Waals surface area contributed by atoms with Crippen LogP contribution in [0.3, 0.4) is 0 Å². The summed E-state index contributed by atoms with van der Waals surface area (Å²) >= 11 is 1.72. The normalized spacial score (nSPS) is 17.5. The van der Waals surface area contributed by atoms with Crippen LogP contribution in [0.15, 0.2) is 40.6 Å². The van der Waals surface area contributed by atoms with Crippen LogP contribution in [0.5, 0.6) is 0 Å². The van der Waals surface area contributed by atoms with E-state index >= 15 is 0 Å². The second-order valence-corrected chi connectivity index (χ2v) is 6.14. The van der Waals surface area contributed by atoms with Crippen molar-refractivity contribution < 1.29 is 9.26 Å². The maximum absolute atomic E-state index is 5.62. The Hall–Kier alpha value is -2.12. The lowest BCUT2D eigenvalue weighted by atomic mass is 9.78. The summed E-state index contributed by atoms with van der Waals surface area (Å²) in [5.74, 6) is 1.15. The number of aromatic nitrogens is 4. The molecule has 0 aromatic carbocycles. The maximum Gasteiger partial charge on any atom is 0.238 e. The molecule has 1 aliphatic rings. The first kappa shape index (κ1) is 13.5. The van der Waals surface area contributed by atoms with Crippen LogP contribution in [0, 0.1) is 0 Å². The van der Waals surface area contributed by atoms with E-state index in [1.54, 1.807) is 23.6 Å². The molecule has 112 valence electrons. The highest BCUT2D eigenvalue weighted by Crippen LogP contribution is 2.42. The maximum atomic E-state index is 5.62. The van der Waals surface area contributed by atoms with Crippen LogP contribution in [0.1, 0.15) is 23.6 Å². The molecule has 0 atom stereocenters. The fraction of sp³-hybridized carbons (Fsp3) is 0.333. The fourth-order valence-electron chi connectivity index (χ4n) is 2.78. The van der Waals surface area contributed by atoms with Gasteiger partial charge in [0.1, 0.15) is 12.0 Å². The van der Waals surface area contributed by atoms with Crippen molar-refractivity contribution in [3.8, 4) is 11.5 Å². The highest BCUT2D eigenvalue weighted by atomic mass is 32.1. The molecule has 1 saturated heterocycles. The van der Waals surface area contributed by atoms with Crippen LogP contribution in [0.2, 0.25) is 0 Å². The van der Waals surface area contributed by atoms with Gasteiger partial charge in [-0.25, -0.2) is 9.97 Å². The third-order valence-corrected chi connectivity index (χ3v) is 5.06. The zero-order chi connectivity index (χ0) is 14.8. The molecule has 0 N–H and O–H groups in total. The zero-order valence-electron chi connectivity index (χ0n) is 11.8. The molecule has 0 amide bonds. The van der Waals surface area contributed by atoms with Crippen LogP contribution in [0.4, 0.5) is 0 Å². The Labute approximate surface area is 131 Å². The van der Waals surface area contributed by atoms with Crippen LogP contribution < -0.4 is 0 Å². The molecule has 3 aromatic rings. The van der Waals surface area contributed by atoms with E-state index in [0.717, 1.165) is 12.8 Å². The van der Waals surface area contributed by atoms with E-state index in [9.17, 15) is 0 Å². The van der Waals surface area contributed by atoms with Crippen molar-refractivity contribution in [1.29, 1.82) is 0 Å². The van der Waals surface area contributed by atoms with Gasteiger partial charge in [0.25, 0.3) is 0 Å². The smallest absolute Gasteiger partial charge is 0.238 e. The fourth-order valence-corrected chi connectivity index (χ4v) is 3.76. The van der Waals surface area contributed by atoms with Gasteiger partial charge in [-0.3, -0.25) is 0 Å². The summed E-state index contributed by atoms with van der Waals surface area (Å²) in [6.45, 7) is 1.40. The third-order valence-electron chi connectivity index (χ3n) is 3.99. The Balaban J connectivity index is 1.76. The van der Waals surface area contributed by atoms with E-state index in [-0.39, 0.29) is 5.41 Å². The minimum Gasteiger partial charge on any atom is -0.381 e. The van der Waals surface area contributed by atoms with Gasteiger partial charge < -0.3 is 9.26 Å². The molecule has 6 nitrogen and oxygen atoms in total. The van der Waals surface area contributed by atoms with Crippen LogP contribution in [-0.4, -0.2) is 33.3 Å². The zero-order valence-corrected chi connectivity index (χ0v) is 12.6. The van der Waals surface area contributed by atoms with Crippen molar-refractivity contribution in [1.82, 2.24) is 20.1 Å². The van der Waals surface area contributed by atoms with Crippen LogP contribution >= 0.6 is 11.3 Å². The topological polar surface area (TPSA) is 73.9 Å². The third kappa shape index (κ3) is 2.22. The first-order valence-electron chi connectivity index (χ1n) is 7.11. The number of ether oxygens (including phenoxy) is 1. The summed E-state index contributed by atoms with van der Waals surface area (Å²) in [6, 6.07) is 5.96. The molecule has 1 fully saturated rings. The summed E-state index contributed by atoms with van der Waals surface area (Å²) in [5.41, 5.74) is 0.420. The van der Waals surface area contributed by atoms with E-state index < -0.39 is 0 Å². The summed E-state index contributed by atoms with van der Waals surface area (Å²) in [4.78, 5) is 13.9. The predicted octanol–water partition coefficient (Wildman–Crippen LogP) is 2.68. The van der Waals surface area contributed by atoms with Crippen molar-refractivity contribution in [2.45, 2.75) is 18.3 Å². The molecule has 1 aliphatic heterocycles. The first-order valence-corrected chi connectivity index (χ1v) is 7.99. The van der Waals surface area contributed by atoms with Gasteiger partial charge in [0.05, 0.1) is 5.41 Å². The number of nitrogens with zero attached hydrogens (tertiary/aromatic N) is 4. The lowest BCUT2D eigenvalue weighted by Gasteiger charge is -2.32. The number of thiophene rings is 1. The van der Waals surface area contributed by atoms with Crippen molar-refractivity contribution in [2.75, 3.05) is 13.2 Å². The van der Waals surface area contributed by atoms with E-state index in [0.29, 0.717) is 30.6 Å². The lowest BCUT2D eigenvalue weighted by Crippen LogP contribution is -2.34. The highest BCUT2D eigenvalue weighted by molar-refractivity contribution is 7.10. The lowest BCUT2D eigenvalue weighted by molar-refractivity contribution is 0.0535. The first-order chi connectivity index (χ1) is 10.9. The predicted molar refractivity (Wildman–Crippen MR) is 80.5 cm³/mol. The molecule has 0 bridgehead atoms. The molecule has 4 rings (SSSR count). The number of hydrogen-bond donors (Lipinski definition) is 0. The van der Waals surface area contributed by atoms with E-state index in [4.69, 9.17) is 9.26 Å². The largest absolute Gasteiger partial charge is 0.381 e. The second-order valence-electron chi connectivity index (χ2n) is 5.19. The quantitative estimate of drug-likeness (QED) is 0.740. The molecule has 0 saturated carbocycles. The van der Waals surface area contributed by atoms with E-state index in [2.05, 4.69) is 37.6 Å². The Kier molecular flexibility index (Phi) is 3.44. The molecule has 4 heterocycles. The molecule has 0 spiro atoms.